The monoisotopic (exact) mass is 382 g/mol. The van der Waals surface area contributed by atoms with Crippen molar-refractivity contribution in [3.63, 3.8) is 0 Å². The Hall–Kier alpha value is -1.85. The molecule has 1 aromatic heterocycles. The lowest BCUT2D eigenvalue weighted by molar-refractivity contribution is -0.132. The minimum Gasteiger partial charge on any atom is -0.343 e. The molecule has 0 unspecified atom stereocenters. The van der Waals surface area contributed by atoms with E-state index in [4.69, 9.17) is 0 Å². The molecule has 0 bridgehead atoms. The molecule has 3 heterocycles. The van der Waals surface area contributed by atoms with Gasteiger partial charge in [-0.3, -0.25) is 9.69 Å². The fourth-order valence-electron chi connectivity index (χ4n) is 4.58. The first-order valence-corrected chi connectivity index (χ1v) is 11.0. The van der Waals surface area contributed by atoms with Gasteiger partial charge in [0.05, 0.1) is 6.67 Å². The molecule has 5 heteroatoms. The van der Waals surface area contributed by atoms with Crippen molar-refractivity contribution < 1.29 is 4.79 Å². The molecule has 0 saturated carbocycles. The van der Waals surface area contributed by atoms with Crippen LogP contribution in [0.2, 0.25) is 0 Å². The van der Waals surface area contributed by atoms with E-state index in [2.05, 4.69) is 56.8 Å². The number of carbonyl (C=O) groups is 1. The number of benzene rings is 1. The lowest BCUT2D eigenvalue weighted by atomic mass is 10.1. The Kier molecular flexibility index (Phi) is 6.33. The number of piperazine rings is 1. The number of nitrogens with zero attached hydrogens (tertiary/aromatic N) is 4. The number of hydrogen-bond donors (Lipinski definition) is 0. The van der Waals surface area contributed by atoms with Crippen LogP contribution in [-0.2, 0) is 17.9 Å². The SMILES string of the molecule is CN1CCN(Cn2cc(CCCC(=O)N3CCCCC3)c3ccccc32)CC1. The molecule has 2 saturated heterocycles. The molecule has 0 aliphatic carbocycles. The summed E-state index contributed by atoms with van der Waals surface area (Å²) in [4.78, 5) is 19.5. The summed E-state index contributed by atoms with van der Waals surface area (Å²) < 4.78 is 2.41. The van der Waals surface area contributed by atoms with Crippen LogP contribution in [0.3, 0.4) is 0 Å². The third kappa shape index (κ3) is 4.58. The van der Waals surface area contributed by atoms with Gasteiger partial charge in [0.15, 0.2) is 0 Å². The van der Waals surface area contributed by atoms with Gasteiger partial charge in [-0.25, -0.2) is 0 Å². The number of fused-ring (bicyclic) bond motifs is 1. The number of likely N-dealkylation sites (N-methyl/N-ethyl adjacent to an activating group) is 1. The maximum absolute atomic E-state index is 12.5. The summed E-state index contributed by atoms with van der Waals surface area (Å²) in [7, 11) is 2.20. The van der Waals surface area contributed by atoms with Gasteiger partial charge in [-0.15, -0.1) is 0 Å². The lowest BCUT2D eigenvalue weighted by Gasteiger charge is -2.32. The molecule has 2 aliphatic rings. The third-order valence-electron chi connectivity index (χ3n) is 6.36. The van der Waals surface area contributed by atoms with Crippen molar-refractivity contribution in [3.05, 3.63) is 36.0 Å². The summed E-state index contributed by atoms with van der Waals surface area (Å²) >= 11 is 0. The van der Waals surface area contributed by atoms with Crippen molar-refractivity contribution >= 4 is 16.8 Å². The second-order valence-corrected chi connectivity index (χ2v) is 8.50. The number of aryl methyl sites for hydroxylation is 1. The number of rotatable bonds is 6. The molecule has 4 rings (SSSR count). The molecular weight excluding hydrogens is 348 g/mol. The van der Waals surface area contributed by atoms with Crippen LogP contribution in [0.4, 0.5) is 0 Å². The fourth-order valence-corrected chi connectivity index (χ4v) is 4.58. The van der Waals surface area contributed by atoms with Crippen LogP contribution in [0.15, 0.2) is 30.5 Å². The largest absolute Gasteiger partial charge is 0.343 e. The first kappa shape index (κ1) is 19.5. The summed E-state index contributed by atoms with van der Waals surface area (Å²) in [5.41, 5.74) is 2.70. The van der Waals surface area contributed by atoms with Gasteiger partial charge in [0.1, 0.15) is 0 Å². The van der Waals surface area contributed by atoms with Crippen LogP contribution in [0.25, 0.3) is 10.9 Å². The number of aromatic nitrogens is 1. The quantitative estimate of drug-likeness (QED) is 0.769. The number of amides is 1. The zero-order valence-corrected chi connectivity index (χ0v) is 17.3. The van der Waals surface area contributed by atoms with Gasteiger partial charge in [-0.05, 0) is 50.8 Å². The van der Waals surface area contributed by atoms with Crippen LogP contribution in [0.1, 0.15) is 37.7 Å². The van der Waals surface area contributed by atoms with Gasteiger partial charge in [-0.1, -0.05) is 18.2 Å². The molecule has 0 N–H and O–H groups in total. The van der Waals surface area contributed by atoms with Crippen LogP contribution >= 0.6 is 0 Å². The Labute approximate surface area is 168 Å². The van der Waals surface area contributed by atoms with Crippen LogP contribution in [0, 0.1) is 0 Å². The molecule has 5 nitrogen and oxygen atoms in total. The predicted octanol–water partition coefficient (Wildman–Crippen LogP) is 3.18. The zero-order valence-electron chi connectivity index (χ0n) is 17.3. The van der Waals surface area contributed by atoms with Crippen molar-refractivity contribution in [2.24, 2.45) is 0 Å². The summed E-state index contributed by atoms with van der Waals surface area (Å²) in [6.45, 7) is 7.42. The normalized spacial score (nSPS) is 19.4. The smallest absolute Gasteiger partial charge is 0.222 e. The topological polar surface area (TPSA) is 31.7 Å². The first-order chi connectivity index (χ1) is 13.7. The van der Waals surface area contributed by atoms with Gasteiger partial charge in [0.2, 0.25) is 5.91 Å². The molecule has 1 aromatic carbocycles. The predicted molar refractivity (Wildman–Crippen MR) is 114 cm³/mol. The average Bonchev–Trinajstić information content (AvgIpc) is 3.08. The molecule has 0 radical (unpaired) electrons. The maximum atomic E-state index is 12.5. The lowest BCUT2D eigenvalue weighted by Crippen LogP contribution is -2.44. The fraction of sp³-hybridized carbons (Fsp3) is 0.609. The highest BCUT2D eigenvalue weighted by molar-refractivity contribution is 5.84. The third-order valence-corrected chi connectivity index (χ3v) is 6.36. The Morgan fingerprint density at radius 3 is 2.50 bits per heavy atom. The number of carbonyl (C=O) groups excluding carboxylic acids is 1. The summed E-state index contributed by atoms with van der Waals surface area (Å²) in [5, 5.41) is 1.35. The first-order valence-electron chi connectivity index (χ1n) is 11.0. The number of hydrogen-bond acceptors (Lipinski definition) is 3. The van der Waals surface area contributed by atoms with Crippen molar-refractivity contribution in [1.82, 2.24) is 19.3 Å². The highest BCUT2D eigenvalue weighted by Gasteiger charge is 2.18. The van der Waals surface area contributed by atoms with E-state index in [1.807, 2.05) is 0 Å². The Bertz CT molecular complexity index is 785. The van der Waals surface area contributed by atoms with E-state index in [1.165, 1.54) is 35.7 Å². The van der Waals surface area contributed by atoms with E-state index in [1.54, 1.807) is 0 Å². The molecule has 28 heavy (non-hydrogen) atoms. The van der Waals surface area contributed by atoms with Gasteiger partial charge in [-0.2, -0.15) is 0 Å². The van der Waals surface area contributed by atoms with Crippen molar-refractivity contribution in [2.75, 3.05) is 46.3 Å². The van der Waals surface area contributed by atoms with Gasteiger partial charge in [0, 0.05) is 62.8 Å². The molecular formula is C23H34N4O. The highest BCUT2D eigenvalue weighted by Crippen LogP contribution is 2.24. The van der Waals surface area contributed by atoms with Gasteiger partial charge < -0.3 is 14.4 Å². The van der Waals surface area contributed by atoms with Gasteiger partial charge >= 0.3 is 0 Å². The second kappa shape index (κ2) is 9.10. The molecule has 2 fully saturated rings. The van der Waals surface area contributed by atoms with Gasteiger partial charge in [0.25, 0.3) is 0 Å². The highest BCUT2D eigenvalue weighted by atomic mass is 16.2. The molecule has 2 aliphatic heterocycles. The zero-order chi connectivity index (χ0) is 19.3. The van der Waals surface area contributed by atoms with E-state index in [-0.39, 0.29) is 0 Å². The number of piperidine rings is 1. The average molecular weight is 383 g/mol. The second-order valence-electron chi connectivity index (χ2n) is 8.50. The molecule has 2 aromatic rings. The Morgan fingerprint density at radius 1 is 0.964 bits per heavy atom. The minimum absolute atomic E-state index is 0.348. The van der Waals surface area contributed by atoms with Crippen LogP contribution < -0.4 is 0 Å². The number of para-hydroxylation sites is 1. The van der Waals surface area contributed by atoms with Crippen molar-refractivity contribution in [1.29, 1.82) is 0 Å². The van der Waals surface area contributed by atoms with E-state index < -0.39 is 0 Å². The molecule has 1 amide bonds. The Balaban J connectivity index is 1.39. The maximum Gasteiger partial charge on any atom is 0.222 e. The van der Waals surface area contributed by atoms with E-state index >= 15 is 0 Å². The Morgan fingerprint density at radius 2 is 1.71 bits per heavy atom. The van der Waals surface area contributed by atoms with E-state index in [9.17, 15) is 4.79 Å². The summed E-state index contributed by atoms with van der Waals surface area (Å²) in [6, 6.07) is 8.72. The van der Waals surface area contributed by atoms with Crippen molar-refractivity contribution in [3.8, 4) is 0 Å². The van der Waals surface area contributed by atoms with Crippen molar-refractivity contribution in [2.45, 2.75) is 45.2 Å². The standard InChI is InChI=1S/C23H34N4O/c1-24-14-16-25(17-15-24)19-27-18-20(21-9-3-4-10-22(21)27)8-7-11-23(28)26-12-5-2-6-13-26/h3-4,9-10,18H,2,5-8,11-17,19H2,1H3. The summed E-state index contributed by atoms with van der Waals surface area (Å²) in [5.74, 6) is 0.348. The molecule has 0 spiro atoms. The van der Waals surface area contributed by atoms with E-state index in [0.717, 1.165) is 58.8 Å². The minimum atomic E-state index is 0.348. The van der Waals surface area contributed by atoms with Crippen LogP contribution in [0.5, 0.6) is 0 Å². The molecule has 0 atom stereocenters. The van der Waals surface area contributed by atoms with Crippen LogP contribution in [-0.4, -0.2) is 71.5 Å². The number of likely N-dealkylation sites (tertiary alicyclic amines) is 1. The summed E-state index contributed by atoms with van der Waals surface area (Å²) in [6.07, 6.45) is 8.55. The molecule has 152 valence electrons. The van der Waals surface area contributed by atoms with E-state index in [0.29, 0.717) is 12.3 Å².